The van der Waals surface area contributed by atoms with Gasteiger partial charge in [-0.15, -0.1) is 11.8 Å². The molecule has 25 heavy (non-hydrogen) atoms. The topological polar surface area (TPSA) is 29.1 Å². The summed E-state index contributed by atoms with van der Waals surface area (Å²) in [5.41, 5.74) is 4.14. The van der Waals surface area contributed by atoms with Crippen LogP contribution in [0.2, 0.25) is 5.02 Å². The summed E-state index contributed by atoms with van der Waals surface area (Å²) in [6.45, 7) is 6.20. The summed E-state index contributed by atoms with van der Waals surface area (Å²) in [4.78, 5) is 12.2. The second-order valence-corrected chi connectivity index (χ2v) is 7.52. The van der Waals surface area contributed by atoms with Gasteiger partial charge in [0.05, 0.1) is 11.8 Å². The molecule has 0 spiro atoms. The molecule has 134 valence electrons. The Morgan fingerprint density at radius 2 is 1.96 bits per heavy atom. The van der Waals surface area contributed by atoms with Gasteiger partial charge in [0.2, 0.25) is 5.91 Å². The minimum absolute atomic E-state index is 0.000307. The number of aryl methyl sites for hydroxylation is 2. The average molecular weight is 380 g/mol. The Kier molecular flexibility index (Phi) is 7.33. The third-order valence-electron chi connectivity index (χ3n) is 4.18. The predicted octanol–water partition coefficient (Wildman–Crippen LogP) is 5.60. The molecule has 1 atom stereocenters. The quantitative estimate of drug-likeness (QED) is 0.678. The maximum Gasteiger partial charge on any atom is 0.230 e. The van der Waals surface area contributed by atoms with Crippen molar-refractivity contribution in [1.82, 2.24) is 5.32 Å². The van der Waals surface area contributed by atoms with E-state index in [4.69, 9.17) is 11.6 Å². The highest BCUT2D eigenvalue weighted by Crippen LogP contribution is 2.22. The lowest BCUT2D eigenvalue weighted by Gasteiger charge is -2.18. The molecule has 2 nitrogen and oxygen atoms in total. The summed E-state index contributed by atoms with van der Waals surface area (Å²) in [5, 5.41) is 3.44. The molecular formula is C20H23ClFNOS. The van der Waals surface area contributed by atoms with E-state index < -0.39 is 0 Å². The molecule has 0 fully saturated rings. The van der Waals surface area contributed by atoms with Crippen LogP contribution in [-0.2, 0) is 10.5 Å². The first-order chi connectivity index (χ1) is 11.9. The summed E-state index contributed by atoms with van der Waals surface area (Å²) in [7, 11) is 0. The van der Waals surface area contributed by atoms with Crippen molar-refractivity contribution in [3.8, 4) is 0 Å². The lowest BCUT2D eigenvalue weighted by molar-refractivity contribution is -0.119. The highest BCUT2D eigenvalue weighted by molar-refractivity contribution is 7.99. The molecule has 0 radical (unpaired) electrons. The SMILES string of the molecule is CCC(NC(=O)CSCc1ccc(Cl)cc1F)c1ccc(C)c(C)c1. The van der Waals surface area contributed by atoms with Crippen LogP contribution in [-0.4, -0.2) is 11.7 Å². The van der Waals surface area contributed by atoms with Crippen LogP contribution in [0.25, 0.3) is 0 Å². The van der Waals surface area contributed by atoms with Crippen molar-refractivity contribution >= 4 is 29.3 Å². The summed E-state index contributed by atoms with van der Waals surface area (Å²) < 4.78 is 13.7. The van der Waals surface area contributed by atoms with Crippen LogP contribution >= 0.6 is 23.4 Å². The molecule has 2 aromatic carbocycles. The van der Waals surface area contributed by atoms with Gasteiger partial charge >= 0.3 is 0 Å². The first-order valence-corrected chi connectivity index (χ1v) is 9.82. The van der Waals surface area contributed by atoms with Crippen LogP contribution < -0.4 is 5.32 Å². The first kappa shape index (κ1) is 19.8. The van der Waals surface area contributed by atoms with E-state index in [1.54, 1.807) is 12.1 Å². The monoisotopic (exact) mass is 379 g/mol. The number of thioether (sulfide) groups is 1. The van der Waals surface area contributed by atoms with Crippen molar-refractivity contribution in [2.45, 2.75) is 39.0 Å². The van der Waals surface area contributed by atoms with E-state index in [2.05, 4.69) is 44.3 Å². The fourth-order valence-corrected chi connectivity index (χ4v) is 3.51. The van der Waals surface area contributed by atoms with E-state index >= 15 is 0 Å². The molecule has 2 aromatic rings. The Morgan fingerprint density at radius 1 is 1.20 bits per heavy atom. The normalized spacial score (nSPS) is 12.0. The largest absolute Gasteiger partial charge is 0.349 e. The lowest BCUT2D eigenvalue weighted by Crippen LogP contribution is -2.29. The Labute approximate surface area is 158 Å². The number of hydrogen-bond acceptors (Lipinski definition) is 2. The number of nitrogens with one attached hydrogen (secondary N) is 1. The zero-order valence-corrected chi connectivity index (χ0v) is 16.3. The van der Waals surface area contributed by atoms with E-state index in [0.29, 0.717) is 22.1 Å². The first-order valence-electron chi connectivity index (χ1n) is 8.29. The molecule has 0 aliphatic carbocycles. The second kappa shape index (κ2) is 9.25. The molecule has 1 unspecified atom stereocenters. The van der Waals surface area contributed by atoms with Gasteiger partial charge in [-0.3, -0.25) is 4.79 Å². The van der Waals surface area contributed by atoms with Gasteiger partial charge in [0.25, 0.3) is 0 Å². The third kappa shape index (κ3) is 5.75. The van der Waals surface area contributed by atoms with Crippen LogP contribution in [0.1, 0.15) is 41.6 Å². The van der Waals surface area contributed by atoms with E-state index in [1.165, 1.54) is 29.0 Å². The molecule has 1 N–H and O–H groups in total. The number of amides is 1. The highest BCUT2D eigenvalue weighted by atomic mass is 35.5. The maximum atomic E-state index is 13.7. The lowest BCUT2D eigenvalue weighted by atomic mass is 9.99. The standard InChI is InChI=1S/C20H23ClFNOS/c1-4-19(15-6-5-13(2)14(3)9-15)23-20(24)12-25-11-16-7-8-17(21)10-18(16)22/h5-10,19H,4,11-12H2,1-3H3,(H,23,24). The zero-order chi connectivity index (χ0) is 18.4. The van der Waals surface area contributed by atoms with Gasteiger partial charge in [0.1, 0.15) is 5.82 Å². The Morgan fingerprint density at radius 3 is 2.60 bits per heavy atom. The van der Waals surface area contributed by atoms with Crippen LogP contribution in [0, 0.1) is 19.7 Å². The minimum atomic E-state index is -0.332. The number of carbonyl (C=O) groups is 1. The van der Waals surface area contributed by atoms with Crippen molar-refractivity contribution in [2.75, 3.05) is 5.75 Å². The Bertz CT molecular complexity index is 750. The smallest absolute Gasteiger partial charge is 0.230 e. The molecule has 0 aromatic heterocycles. The van der Waals surface area contributed by atoms with E-state index in [0.717, 1.165) is 12.0 Å². The Hall–Kier alpha value is -1.52. The summed E-state index contributed by atoms with van der Waals surface area (Å²) in [6.07, 6.45) is 0.824. The minimum Gasteiger partial charge on any atom is -0.349 e. The molecule has 0 saturated heterocycles. The number of hydrogen-bond donors (Lipinski definition) is 1. The van der Waals surface area contributed by atoms with Gasteiger partial charge in [-0.2, -0.15) is 0 Å². The van der Waals surface area contributed by atoms with Gasteiger partial charge in [-0.1, -0.05) is 42.8 Å². The molecule has 0 saturated carbocycles. The predicted molar refractivity (Wildman–Crippen MR) is 105 cm³/mol. The fourth-order valence-electron chi connectivity index (χ4n) is 2.53. The van der Waals surface area contributed by atoms with Crippen molar-refractivity contribution < 1.29 is 9.18 Å². The Balaban J connectivity index is 1.88. The second-order valence-electron chi connectivity index (χ2n) is 6.10. The maximum absolute atomic E-state index is 13.7. The molecule has 0 heterocycles. The van der Waals surface area contributed by atoms with Gasteiger partial charge < -0.3 is 5.32 Å². The summed E-state index contributed by atoms with van der Waals surface area (Å²) >= 11 is 7.14. The van der Waals surface area contributed by atoms with Gasteiger partial charge in [-0.25, -0.2) is 4.39 Å². The van der Waals surface area contributed by atoms with Crippen molar-refractivity contribution in [1.29, 1.82) is 0 Å². The number of halogens is 2. The number of rotatable bonds is 7. The summed E-state index contributed by atoms with van der Waals surface area (Å²) in [6, 6.07) is 10.9. The zero-order valence-electron chi connectivity index (χ0n) is 14.7. The van der Waals surface area contributed by atoms with Crippen molar-refractivity contribution in [3.63, 3.8) is 0 Å². The summed E-state index contributed by atoms with van der Waals surface area (Å²) in [5.74, 6) is 0.367. The van der Waals surface area contributed by atoms with Gasteiger partial charge in [-0.05, 0) is 54.7 Å². The van der Waals surface area contributed by atoms with Gasteiger partial charge in [0, 0.05) is 10.8 Å². The highest BCUT2D eigenvalue weighted by Gasteiger charge is 2.13. The average Bonchev–Trinajstić information content (AvgIpc) is 2.57. The molecule has 1 amide bonds. The third-order valence-corrected chi connectivity index (χ3v) is 5.40. The van der Waals surface area contributed by atoms with Crippen molar-refractivity contribution in [3.05, 3.63) is 69.5 Å². The van der Waals surface area contributed by atoms with Crippen LogP contribution in [0.3, 0.4) is 0 Å². The van der Waals surface area contributed by atoms with Crippen LogP contribution in [0.15, 0.2) is 36.4 Å². The number of benzene rings is 2. The van der Waals surface area contributed by atoms with E-state index in [1.807, 2.05) is 0 Å². The molecule has 0 aliphatic heterocycles. The molecular weight excluding hydrogens is 357 g/mol. The molecule has 2 rings (SSSR count). The van der Waals surface area contributed by atoms with E-state index in [-0.39, 0.29) is 17.8 Å². The molecule has 5 heteroatoms. The van der Waals surface area contributed by atoms with Crippen LogP contribution in [0.5, 0.6) is 0 Å². The van der Waals surface area contributed by atoms with E-state index in [9.17, 15) is 9.18 Å². The fraction of sp³-hybridized carbons (Fsp3) is 0.350. The molecule has 0 bridgehead atoms. The number of carbonyl (C=O) groups excluding carboxylic acids is 1. The van der Waals surface area contributed by atoms with Crippen LogP contribution in [0.4, 0.5) is 4.39 Å². The molecule has 0 aliphatic rings. The van der Waals surface area contributed by atoms with Crippen molar-refractivity contribution in [2.24, 2.45) is 0 Å². The van der Waals surface area contributed by atoms with Gasteiger partial charge in [0.15, 0.2) is 0 Å².